The molecule has 0 aliphatic carbocycles. The highest BCUT2D eigenvalue weighted by Gasteiger charge is 2.33. The number of imide groups is 1. The average Bonchev–Trinajstić information content (AvgIpc) is 2.11. The molecule has 86 valence electrons. The third-order valence-corrected chi connectivity index (χ3v) is 2.05. The Kier molecular flexibility index (Phi) is 5.31. The molecule has 0 aliphatic rings. The Morgan fingerprint density at radius 1 is 1.40 bits per heavy atom. The summed E-state index contributed by atoms with van der Waals surface area (Å²) < 4.78 is 0. The summed E-state index contributed by atoms with van der Waals surface area (Å²) in [5, 5.41) is 17.8. The number of carboxylic acid groups (broad SMARTS) is 1. The van der Waals surface area contributed by atoms with E-state index < -0.39 is 29.9 Å². The molecule has 7 heteroatoms. The maximum absolute atomic E-state index is 11.3. The molecule has 0 rings (SSSR count). The number of carboxylic acids is 1. The molecular formula is C8H13NO5S. The van der Waals surface area contributed by atoms with Gasteiger partial charge in [-0.1, -0.05) is 0 Å². The van der Waals surface area contributed by atoms with Crippen LogP contribution < -0.4 is 0 Å². The molecule has 2 amide bonds. The first-order chi connectivity index (χ1) is 6.82. The molecule has 15 heavy (non-hydrogen) atoms. The summed E-state index contributed by atoms with van der Waals surface area (Å²) in [6, 6.07) is -1.35. The van der Waals surface area contributed by atoms with Gasteiger partial charge in [-0.15, -0.1) is 0 Å². The lowest BCUT2D eigenvalue weighted by molar-refractivity contribution is -0.159. The highest BCUT2D eigenvalue weighted by molar-refractivity contribution is 7.80. The first kappa shape index (κ1) is 13.9. The molecule has 0 saturated heterocycles. The lowest BCUT2D eigenvalue weighted by Gasteiger charge is -2.25. The quantitative estimate of drug-likeness (QED) is 0.550. The van der Waals surface area contributed by atoms with Crippen LogP contribution >= 0.6 is 12.6 Å². The third kappa shape index (κ3) is 3.52. The molecule has 0 spiro atoms. The minimum absolute atomic E-state index is 0.201. The second-order valence-corrected chi connectivity index (χ2v) is 3.30. The Morgan fingerprint density at radius 3 is 2.07 bits per heavy atom. The van der Waals surface area contributed by atoms with Crippen LogP contribution in [0.1, 0.15) is 13.8 Å². The van der Waals surface area contributed by atoms with Crippen LogP contribution in [0.4, 0.5) is 0 Å². The van der Waals surface area contributed by atoms with Crippen LogP contribution in [-0.2, 0) is 14.4 Å². The van der Waals surface area contributed by atoms with Crippen LogP contribution in [-0.4, -0.2) is 50.8 Å². The number of hydrogen-bond acceptors (Lipinski definition) is 5. The van der Waals surface area contributed by atoms with Gasteiger partial charge >= 0.3 is 5.97 Å². The van der Waals surface area contributed by atoms with E-state index in [9.17, 15) is 14.4 Å². The molecule has 2 N–H and O–H groups in total. The second kappa shape index (κ2) is 5.72. The van der Waals surface area contributed by atoms with Gasteiger partial charge in [0, 0.05) is 12.7 Å². The molecule has 0 aromatic carbocycles. The summed E-state index contributed by atoms with van der Waals surface area (Å²) in [6.45, 7) is 2.22. The number of hydrogen-bond donors (Lipinski definition) is 3. The molecule has 0 heterocycles. The fourth-order valence-electron chi connectivity index (χ4n) is 1.000. The summed E-state index contributed by atoms with van der Waals surface area (Å²) in [5.74, 6) is -3.21. The maximum atomic E-state index is 11.3. The van der Waals surface area contributed by atoms with Crippen molar-refractivity contribution in [3.05, 3.63) is 0 Å². The lowest BCUT2D eigenvalue weighted by atomic mass is 10.2. The van der Waals surface area contributed by atoms with Crippen LogP contribution in [0.25, 0.3) is 0 Å². The van der Waals surface area contributed by atoms with E-state index in [1.807, 2.05) is 0 Å². The number of thiol groups is 1. The number of carbonyl (C=O) groups excluding carboxylic acids is 2. The molecular weight excluding hydrogens is 222 g/mol. The minimum Gasteiger partial charge on any atom is -0.480 e. The zero-order chi connectivity index (χ0) is 12.2. The van der Waals surface area contributed by atoms with Crippen LogP contribution in [0.15, 0.2) is 0 Å². The van der Waals surface area contributed by atoms with E-state index >= 15 is 0 Å². The van der Waals surface area contributed by atoms with Crippen LogP contribution in [0.5, 0.6) is 0 Å². The lowest BCUT2D eigenvalue weighted by Crippen LogP contribution is -2.51. The van der Waals surface area contributed by atoms with E-state index in [0.29, 0.717) is 4.90 Å². The van der Waals surface area contributed by atoms with Crippen LogP contribution in [0.3, 0.4) is 0 Å². The van der Waals surface area contributed by atoms with Gasteiger partial charge in [0.2, 0.25) is 5.91 Å². The highest BCUT2D eigenvalue weighted by Crippen LogP contribution is 2.06. The van der Waals surface area contributed by atoms with E-state index in [0.717, 1.165) is 13.8 Å². The maximum Gasteiger partial charge on any atom is 0.327 e. The first-order valence-electron chi connectivity index (χ1n) is 4.18. The Bertz CT molecular complexity index is 278. The molecule has 0 saturated carbocycles. The molecule has 0 aliphatic heterocycles. The van der Waals surface area contributed by atoms with Gasteiger partial charge in [-0.05, 0) is 6.92 Å². The largest absolute Gasteiger partial charge is 0.480 e. The summed E-state index contributed by atoms with van der Waals surface area (Å²) in [5.41, 5.74) is 0. The number of amides is 2. The van der Waals surface area contributed by atoms with Crippen molar-refractivity contribution in [3.8, 4) is 0 Å². The number of aliphatic hydroxyl groups is 1. The monoisotopic (exact) mass is 235 g/mol. The van der Waals surface area contributed by atoms with Crippen molar-refractivity contribution in [3.63, 3.8) is 0 Å². The molecule has 0 bridgehead atoms. The van der Waals surface area contributed by atoms with Gasteiger partial charge in [0.1, 0.15) is 12.1 Å². The summed E-state index contributed by atoms with van der Waals surface area (Å²) in [6.07, 6.45) is -1.42. The summed E-state index contributed by atoms with van der Waals surface area (Å²) in [4.78, 5) is 33.7. The van der Waals surface area contributed by atoms with Gasteiger partial charge in [-0.25, -0.2) is 4.79 Å². The Labute approximate surface area is 92.3 Å². The van der Waals surface area contributed by atoms with E-state index in [1.165, 1.54) is 0 Å². The van der Waals surface area contributed by atoms with Gasteiger partial charge < -0.3 is 10.2 Å². The molecule has 0 radical (unpaired) electrons. The van der Waals surface area contributed by atoms with E-state index in [2.05, 4.69) is 12.6 Å². The molecule has 0 aromatic heterocycles. The zero-order valence-corrected chi connectivity index (χ0v) is 9.27. The summed E-state index contributed by atoms with van der Waals surface area (Å²) in [7, 11) is 0. The standard InChI is InChI=1S/C8H13NO5S/c1-4(10)7(12)9(5(2)11)6(3-15)8(13)14/h4,6,10,15H,3H2,1-2H3,(H,13,14)/t4?,6-/m0/s1. The molecule has 0 aromatic rings. The average molecular weight is 235 g/mol. The van der Waals surface area contributed by atoms with E-state index in [1.54, 1.807) is 0 Å². The predicted octanol–water partition coefficient (Wildman–Crippen LogP) is -0.875. The van der Waals surface area contributed by atoms with Crippen molar-refractivity contribution in [1.29, 1.82) is 0 Å². The molecule has 1 unspecified atom stereocenters. The Balaban J connectivity index is 5.03. The Hall–Kier alpha value is -1.08. The fourth-order valence-corrected chi connectivity index (χ4v) is 1.32. The SMILES string of the molecule is CC(=O)N(C(=O)C(C)O)[C@@H](CS)C(=O)O. The number of aliphatic hydroxyl groups excluding tert-OH is 1. The van der Waals surface area contributed by atoms with Crippen molar-refractivity contribution in [2.45, 2.75) is 26.0 Å². The van der Waals surface area contributed by atoms with E-state index in [-0.39, 0.29) is 5.75 Å². The number of aliphatic carboxylic acids is 1. The molecule has 2 atom stereocenters. The summed E-state index contributed by atoms with van der Waals surface area (Å²) >= 11 is 3.74. The zero-order valence-electron chi connectivity index (χ0n) is 8.38. The predicted molar refractivity (Wildman–Crippen MR) is 54.5 cm³/mol. The topological polar surface area (TPSA) is 94.9 Å². The fraction of sp³-hybridized carbons (Fsp3) is 0.625. The van der Waals surface area contributed by atoms with Gasteiger partial charge in [-0.2, -0.15) is 12.6 Å². The number of nitrogens with zero attached hydrogens (tertiary/aromatic N) is 1. The number of rotatable bonds is 4. The third-order valence-electron chi connectivity index (χ3n) is 1.70. The van der Waals surface area contributed by atoms with Crippen molar-refractivity contribution in [2.24, 2.45) is 0 Å². The normalized spacial score (nSPS) is 14.1. The van der Waals surface area contributed by atoms with E-state index in [4.69, 9.17) is 10.2 Å². The minimum atomic E-state index is -1.42. The second-order valence-electron chi connectivity index (χ2n) is 2.94. The van der Waals surface area contributed by atoms with Crippen molar-refractivity contribution in [2.75, 3.05) is 5.75 Å². The van der Waals surface area contributed by atoms with Crippen LogP contribution in [0.2, 0.25) is 0 Å². The van der Waals surface area contributed by atoms with Crippen molar-refractivity contribution < 1.29 is 24.6 Å². The highest BCUT2D eigenvalue weighted by atomic mass is 32.1. The number of carbonyl (C=O) groups is 3. The first-order valence-corrected chi connectivity index (χ1v) is 4.81. The van der Waals surface area contributed by atoms with Gasteiger partial charge in [0.15, 0.2) is 0 Å². The van der Waals surface area contributed by atoms with Crippen LogP contribution in [0, 0.1) is 0 Å². The van der Waals surface area contributed by atoms with Crippen molar-refractivity contribution in [1.82, 2.24) is 4.90 Å². The smallest absolute Gasteiger partial charge is 0.327 e. The van der Waals surface area contributed by atoms with Crippen molar-refractivity contribution >= 4 is 30.4 Å². The van der Waals surface area contributed by atoms with Gasteiger partial charge in [0.25, 0.3) is 5.91 Å². The molecule has 0 fully saturated rings. The van der Waals surface area contributed by atoms with Gasteiger partial charge in [0.05, 0.1) is 0 Å². The van der Waals surface area contributed by atoms with Gasteiger partial charge in [-0.3, -0.25) is 14.5 Å². The molecule has 6 nitrogen and oxygen atoms in total. The Morgan fingerprint density at radius 2 is 1.87 bits per heavy atom.